The van der Waals surface area contributed by atoms with Crippen LogP contribution in [0.4, 0.5) is 0 Å². The summed E-state index contributed by atoms with van der Waals surface area (Å²) in [7, 11) is 0. The summed E-state index contributed by atoms with van der Waals surface area (Å²) in [6.07, 6.45) is 0. The fourth-order valence-electron chi connectivity index (χ4n) is 2.66. The van der Waals surface area contributed by atoms with Crippen molar-refractivity contribution in [1.82, 2.24) is 0 Å². The van der Waals surface area contributed by atoms with E-state index in [9.17, 15) is 0 Å². The van der Waals surface area contributed by atoms with Crippen molar-refractivity contribution in [3.05, 3.63) is 71.8 Å². The van der Waals surface area contributed by atoms with E-state index in [0.29, 0.717) is 0 Å². The Morgan fingerprint density at radius 1 is 0.750 bits per heavy atom. The highest BCUT2D eigenvalue weighted by molar-refractivity contribution is 6.32. The van der Waals surface area contributed by atoms with Crippen LogP contribution < -0.4 is 0 Å². The van der Waals surface area contributed by atoms with E-state index >= 15 is 0 Å². The Morgan fingerprint density at radius 3 is 2.45 bits per heavy atom. The van der Waals surface area contributed by atoms with E-state index in [-0.39, 0.29) is 0 Å². The molecule has 0 fully saturated rings. The number of halogens is 1. The van der Waals surface area contributed by atoms with Crippen LogP contribution in [0, 0.1) is 0 Å². The average Bonchev–Trinajstić information content (AvgIpc) is 2.86. The van der Waals surface area contributed by atoms with Gasteiger partial charge in [-0.25, -0.2) is 0 Å². The molecule has 0 saturated heterocycles. The molecular weight excluding hydrogens is 268 g/mol. The zero-order valence-corrected chi connectivity index (χ0v) is 11.4. The molecule has 0 amide bonds. The molecule has 0 saturated carbocycles. The molecule has 20 heavy (non-hydrogen) atoms. The van der Waals surface area contributed by atoms with Crippen molar-refractivity contribution in [1.29, 1.82) is 0 Å². The first-order valence-electron chi connectivity index (χ1n) is 6.49. The largest absolute Gasteiger partial charge is 0.456 e. The fraction of sp³-hybridized carbons (Fsp3) is 0. The minimum atomic E-state index is 0.725. The first-order chi connectivity index (χ1) is 9.83. The second kappa shape index (κ2) is 4.39. The molecule has 4 rings (SSSR count). The summed E-state index contributed by atoms with van der Waals surface area (Å²) >= 11 is 6.13. The van der Waals surface area contributed by atoms with Gasteiger partial charge in [0.15, 0.2) is 0 Å². The summed E-state index contributed by atoms with van der Waals surface area (Å²) in [5, 5.41) is 2.91. The highest BCUT2D eigenvalue weighted by Gasteiger charge is 2.12. The molecule has 1 aromatic heterocycles. The molecule has 0 N–H and O–H groups in total. The molecule has 2 heteroatoms. The van der Waals surface area contributed by atoms with Crippen molar-refractivity contribution in [2.75, 3.05) is 0 Å². The van der Waals surface area contributed by atoms with Crippen molar-refractivity contribution < 1.29 is 4.42 Å². The van der Waals surface area contributed by atoms with Gasteiger partial charge in [0.25, 0.3) is 0 Å². The zero-order valence-electron chi connectivity index (χ0n) is 10.6. The first kappa shape index (κ1) is 11.6. The number of hydrogen-bond acceptors (Lipinski definition) is 1. The Morgan fingerprint density at radius 2 is 1.60 bits per heavy atom. The molecule has 0 aliphatic carbocycles. The maximum Gasteiger partial charge on any atom is 0.136 e. The maximum absolute atomic E-state index is 6.13. The highest BCUT2D eigenvalue weighted by Crippen LogP contribution is 2.37. The molecule has 0 aliphatic rings. The average molecular weight is 279 g/mol. The number of furan rings is 1. The summed E-state index contributed by atoms with van der Waals surface area (Å²) in [5.74, 6) is 0. The minimum absolute atomic E-state index is 0.725. The number of hydrogen-bond donors (Lipinski definition) is 0. The van der Waals surface area contributed by atoms with E-state index in [2.05, 4.69) is 18.2 Å². The lowest BCUT2D eigenvalue weighted by Gasteiger charge is -2.03. The third-order valence-electron chi connectivity index (χ3n) is 3.54. The third-order valence-corrected chi connectivity index (χ3v) is 3.78. The molecule has 1 heterocycles. The van der Waals surface area contributed by atoms with Crippen LogP contribution in [-0.2, 0) is 0 Å². The van der Waals surface area contributed by atoms with Gasteiger partial charge in [-0.3, -0.25) is 0 Å². The van der Waals surface area contributed by atoms with Crippen LogP contribution in [0.1, 0.15) is 0 Å². The number of fused-ring (bicyclic) bond motifs is 3. The van der Waals surface area contributed by atoms with Crippen LogP contribution in [-0.4, -0.2) is 0 Å². The van der Waals surface area contributed by atoms with Crippen molar-refractivity contribution in [3.63, 3.8) is 0 Å². The summed E-state index contributed by atoms with van der Waals surface area (Å²) in [5.41, 5.74) is 4.11. The fourth-order valence-corrected chi connectivity index (χ4v) is 2.83. The molecule has 3 aromatic carbocycles. The Kier molecular flexibility index (Phi) is 2.54. The van der Waals surface area contributed by atoms with Crippen LogP contribution >= 0.6 is 11.6 Å². The van der Waals surface area contributed by atoms with Crippen LogP contribution in [0.5, 0.6) is 0 Å². The van der Waals surface area contributed by atoms with Gasteiger partial charge in [0.2, 0.25) is 0 Å². The Labute approximate surface area is 121 Å². The lowest BCUT2D eigenvalue weighted by Crippen LogP contribution is -1.78. The molecule has 0 bridgehead atoms. The second-order valence-corrected chi connectivity index (χ2v) is 5.22. The lowest BCUT2D eigenvalue weighted by atomic mass is 10.00. The van der Waals surface area contributed by atoms with E-state index in [0.717, 1.165) is 27.0 Å². The molecule has 0 radical (unpaired) electrons. The predicted molar refractivity (Wildman–Crippen MR) is 84.2 cm³/mol. The van der Waals surface area contributed by atoms with Crippen LogP contribution in [0.15, 0.2) is 71.1 Å². The van der Waals surface area contributed by atoms with Crippen molar-refractivity contribution in [2.45, 2.75) is 0 Å². The summed E-state index contributed by atoms with van der Waals surface area (Å²) < 4.78 is 5.91. The quantitative estimate of drug-likeness (QED) is 0.422. The van der Waals surface area contributed by atoms with Gasteiger partial charge in [-0.05, 0) is 35.4 Å². The van der Waals surface area contributed by atoms with Gasteiger partial charge >= 0.3 is 0 Å². The molecule has 1 nitrogen and oxygen atoms in total. The van der Waals surface area contributed by atoms with E-state index in [1.807, 2.05) is 48.5 Å². The van der Waals surface area contributed by atoms with E-state index < -0.39 is 0 Å². The van der Waals surface area contributed by atoms with E-state index in [1.54, 1.807) is 0 Å². The summed E-state index contributed by atoms with van der Waals surface area (Å²) in [4.78, 5) is 0. The van der Waals surface area contributed by atoms with Crippen molar-refractivity contribution >= 4 is 33.5 Å². The minimum Gasteiger partial charge on any atom is -0.456 e. The molecule has 96 valence electrons. The Hall–Kier alpha value is -2.25. The predicted octanol–water partition coefficient (Wildman–Crippen LogP) is 5.91. The second-order valence-electron chi connectivity index (χ2n) is 4.79. The third kappa shape index (κ3) is 1.71. The van der Waals surface area contributed by atoms with Gasteiger partial charge in [0, 0.05) is 15.8 Å². The monoisotopic (exact) mass is 278 g/mol. The van der Waals surface area contributed by atoms with Gasteiger partial charge < -0.3 is 4.42 Å². The smallest absolute Gasteiger partial charge is 0.136 e. The van der Waals surface area contributed by atoms with Crippen LogP contribution in [0.2, 0.25) is 5.02 Å². The van der Waals surface area contributed by atoms with E-state index in [4.69, 9.17) is 16.0 Å². The number of benzene rings is 3. The molecular formula is C18H11ClO. The summed E-state index contributed by atoms with van der Waals surface area (Å²) in [6.45, 7) is 0. The standard InChI is InChI=1S/C18H11ClO/c19-13-9-10-16-15(11-13)18-14(7-4-8-17(18)20-16)12-5-2-1-3-6-12/h1-11H. The molecule has 0 atom stereocenters. The molecule has 0 spiro atoms. The van der Waals surface area contributed by atoms with Crippen molar-refractivity contribution in [2.24, 2.45) is 0 Å². The highest BCUT2D eigenvalue weighted by atomic mass is 35.5. The van der Waals surface area contributed by atoms with Gasteiger partial charge in [0.05, 0.1) is 0 Å². The Bertz CT molecular complexity index is 907. The van der Waals surface area contributed by atoms with Gasteiger partial charge in [-0.1, -0.05) is 54.1 Å². The molecule has 0 aliphatic heterocycles. The zero-order chi connectivity index (χ0) is 13.5. The molecule has 0 unspecified atom stereocenters. The summed E-state index contributed by atoms with van der Waals surface area (Å²) in [6, 6.07) is 22.2. The first-order valence-corrected chi connectivity index (χ1v) is 6.87. The van der Waals surface area contributed by atoms with Crippen LogP contribution in [0.3, 0.4) is 0 Å². The SMILES string of the molecule is Clc1ccc2oc3cccc(-c4ccccc4)c3c2c1. The maximum atomic E-state index is 6.13. The normalized spacial score (nSPS) is 11.2. The van der Waals surface area contributed by atoms with Gasteiger partial charge in [0.1, 0.15) is 11.2 Å². The Balaban J connectivity index is 2.16. The topological polar surface area (TPSA) is 13.1 Å². The van der Waals surface area contributed by atoms with E-state index in [1.165, 1.54) is 11.1 Å². The van der Waals surface area contributed by atoms with Crippen LogP contribution in [0.25, 0.3) is 33.1 Å². The van der Waals surface area contributed by atoms with Gasteiger partial charge in [-0.15, -0.1) is 0 Å². The number of rotatable bonds is 1. The van der Waals surface area contributed by atoms with Crippen molar-refractivity contribution in [3.8, 4) is 11.1 Å². The molecule has 4 aromatic rings. The lowest BCUT2D eigenvalue weighted by molar-refractivity contribution is 0.669. The van der Waals surface area contributed by atoms with Gasteiger partial charge in [-0.2, -0.15) is 0 Å².